The second kappa shape index (κ2) is 8.72. The van der Waals surface area contributed by atoms with Crippen LogP contribution in [0, 0.1) is 18.6 Å². The van der Waals surface area contributed by atoms with Gasteiger partial charge in [-0.1, -0.05) is 23.7 Å². The minimum absolute atomic E-state index is 0.0862. The molecule has 0 aliphatic carbocycles. The molecule has 3 aromatic rings. The summed E-state index contributed by atoms with van der Waals surface area (Å²) in [5, 5.41) is 1.32. The highest BCUT2D eigenvalue weighted by Crippen LogP contribution is 2.30. The van der Waals surface area contributed by atoms with E-state index in [1.54, 1.807) is 24.0 Å². The van der Waals surface area contributed by atoms with Gasteiger partial charge < -0.3 is 9.80 Å². The number of rotatable bonds is 3. The van der Waals surface area contributed by atoms with Gasteiger partial charge in [-0.3, -0.25) is 9.59 Å². The SMILES string of the molecule is Cc1nc(-c2cccc(Cl)c2)sc1C(=O)N1CCN(C(=O)c2ccc(F)c(F)c2)CC1. The van der Waals surface area contributed by atoms with E-state index in [4.69, 9.17) is 11.6 Å². The van der Waals surface area contributed by atoms with Gasteiger partial charge in [-0.05, 0) is 37.3 Å². The van der Waals surface area contributed by atoms with Crippen molar-refractivity contribution in [3.8, 4) is 10.6 Å². The molecule has 1 aliphatic heterocycles. The monoisotopic (exact) mass is 461 g/mol. The maximum absolute atomic E-state index is 13.4. The van der Waals surface area contributed by atoms with Crippen molar-refractivity contribution in [3.05, 3.63) is 75.3 Å². The zero-order valence-corrected chi connectivity index (χ0v) is 18.1. The Bertz CT molecular complexity index is 1160. The molecule has 160 valence electrons. The van der Waals surface area contributed by atoms with Gasteiger partial charge in [0.1, 0.15) is 9.88 Å². The number of halogens is 3. The zero-order chi connectivity index (χ0) is 22.1. The van der Waals surface area contributed by atoms with E-state index in [9.17, 15) is 18.4 Å². The molecule has 1 saturated heterocycles. The lowest BCUT2D eigenvalue weighted by molar-refractivity contribution is 0.0537. The summed E-state index contributed by atoms with van der Waals surface area (Å²) < 4.78 is 26.5. The molecule has 9 heteroatoms. The quantitative estimate of drug-likeness (QED) is 0.570. The summed E-state index contributed by atoms with van der Waals surface area (Å²) in [5.74, 6) is -2.58. The predicted octanol–water partition coefficient (Wildman–Crippen LogP) is 4.65. The molecule has 1 fully saturated rings. The Morgan fingerprint density at radius 2 is 1.65 bits per heavy atom. The van der Waals surface area contributed by atoms with E-state index in [0.717, 1.165) is 22.7 Å². The van der Waals surface area contributed by atoms with Crippen molar-refractivity contribution in [2.24, 2.45) is 0 Å². The van der Waals surface area contributed by atoms with Crippen LogP contribution in [0.2, 0.25) is 5.02 Å². The second-order valence-corrected chi connectivity index (χ2v) is 8.59. The molecule has 1 aromatic heterocycles. The van der Waals surface area contributed by atoms with E-state index in [1.807, 2.05) is 12.1 Å². The van der Waals surface area contributed by atoms with Crippen molar-refractivity contribution in [1.82, 2.24) is 14.8 Å². The molecule has 4 rings (SSSR count). The first kappa shape index (κ1) is 21.4. The van der Waals surface area contributed by atoms with Gasteiger partial charge in [-0.15, -0.1) is 11.3 Å². The summed E-state index contributed by atoms with van der Waals surface area (Å²) in [6, 6.07) is 10.4. The van der Waals surface area contributed by atoms with Gasteiger partial charge >= 0.3 is 0 Å². The van der Waals surface area contributed by atoms with Crippen LogP contribution in [0.1, 0.15) is 25.7 Å². The fraction of sp³-hybridized carbons (Fsp3) is 0.227. The molecule has 0 unspecified atom stereocenters. The number of piperazine rings is 1. The lowest BCUT2D eigenvalue weighted by Gasteiger charge is -2.34. The Balaban J connectivity index is 1.44. The summed E-state index contributed by atoms with van der Waals surface area (Å²) in [6.07, 6.45) is 0. The van der Waals surface area contributed by atoms with Gasteiger partial charge in [0, 0.05) is 42.3 Å². The van der Waals surface area contributed by atoms with Crippen LogP contribution in [0.5, 0.6) is 0 Å². The third-order valence-corrected chi connectivity index (χ3v) is 6.51. The Hall–Kier alpha value is -2.84. The average molecular weight is 462 g/mol. The number of aryl methyl sites for hydroxylation is 1. The van der Waals surface area contributed by atoms with Gasteiger partial charge in [0.05, 0.1) is 5.69 Å². The number of aromatic nitrogens is 1. The lowest BCUT2D eigenvalue weighted by Crippen LogP contribution is -2.50. The highest BCUT2D eigenvalue weighted by molar-refractivity contribution is 7.17. The normalized spacial score (nSPS) is 14.1. The van der Waals surface area contributed by atoms with Gasteiger partial charge in [-0.25, -0.2) is 13.8 Å². The largest absolute Gasteiger partial charge is 0.335 e. The van der Waals surface area contributed by atoms with Crippen molar-refractivity contribution in [3.63, 3.8) is 0 Å². The number of carbonyl (C=O) groups excluding carboxylic acids is 2. The highest BCUT2D eigenvalue weighted by atomic mass is 35.5. The fourth-order valence-corrected chi connectivity index (χ4v) is 4.63. The summed E-state index contributed by atoms with van der Waals surface area (Å²) >= 11 is 7.37. The van der Waals surface area contributed by atoms with E-state index in [2.05, 4.69) is 4.98 Å². The summed E-state index contributed by atoms with van der Waals surface area (Å²) in [6.45, 7) is 3.10. The Labute approximate surface area is 186 Å². The number of hydrogen-bond donors (Lipinski definition) is 0. The molecule has 0 bridgehead atoms. The molecule has 0 N–H and O–H groups in total. The Kier molecular flexibility index (Phi) is 6.02. The van der Waals surface area contributed by atoms with E-state index in [1.165, 1.54) is 22.3 Å². The minimum atomic E-state index is -1.06. The molecule has 0 radical (unpaired) electrons. The van der Waals surface area contributed by atoms with Gasteiger partial charge in [0.15, 0.2) is 11.6 Å². The van der Waals surface area contributed by atoms with Gasteiger partial charge in [0.2, 0.25) is 0 Å². The number of hydrogen-bond acceptors (Lipinski definition) is 4. The summed E-state index contributed by atoms with van der Waals surface area (Å²) in [4.78, 5) is 33.9. The summed E-state index contributed by atoms with van der Waals surface area (Å²) in [5.41, 5.74) is 1.58. The molecule has 31 heavy (non-hydrogen) atoms. The predicted molar refractivity (Wildman–Crippen MR) is 115 cm³/mol. The molecular formula is C22H18ClF2N3O2S. The molecule has 5 nitrogen and oxygen atoms in total. The van der Waals surface area contributed by atoms with Crippen LogP contribution >= 0.6 is 22.9 Å². The Morgan fingerprint density at radius 3 is 2.29 bits per heavy atom. The molecule has 1 aliphatic rings. The number of amides is 2. The van der Waals surface area contributed by atoms with Crippen molar-refractivity contribution in [2.45, 2.75) is 6.92 Å². The second-order valence-electron chi connectivity index (χ2n) is 7.16. The molecule has 2 heterocycles. The standard InChI is InChI=1S/C22H18ClF2N3O2S/c1-13-19(31-20(26-13)14-3-2-4-16(23)11-14)22(30)28-9-7-27(8-10-28)21(29)15-5-6-17(24)18(25)12-15/h2-6,11-12H,7-10H2,1H3. The van der Waals surface area contributed by atoms with Gasteiger partial charge in [-0.2, -0.15) is 0 Å². The molecule has 0 atom stereocenters. The van der Waals surface area contributed by atoms with E-state index < -0.39 is 11.6 Å². The minimum Gasteiger partial charge on any atom is -0.335 e. The first-order valence-electron chi connectivity index (χ1n) is 9.60. The van der Waals surface area contributed by atoms with Crippen molar-refractivity contribution in [2.75, 3.05) is 26.2 Å². The van der Waals surface area contributed by atoms with Crippen LogP contribution < -0.4 is 0 Å². The van der Waals surface area contributed by atoms with Crippen LogP contribution in [0.4, 0.5) is 8.78 Å². The van der Waals surface area contributed by atoms with Crippen LogP contribution in [0.25, 0.3) is 10.6 Å². The van der Waals surface area contributed by atoms with Gasteiger partial charge in [0.25, 0.3) is 11.8 Å². The van der Waals surface area contributed by atoms with Crippen LogP contribution in [0.3, 0.4) is 0 Å². The number of benzene rings is 2. The van der Waals surface area contributed by atoms with Crippen LogP contribution in [-0.4, -0.2) is 52.8 Å². The van der Waals surface area contributed by atoms with Crippen molar-refractivity contribution in [1.29, 1.82) is 0 Å². The first-order chi connectivity index (χ1) is 14.8. The maximum Gasteiger partial charge on any atom is 0.265 e. The zero-order valence-electron chi connectivity index (χ0n) is 16.6. The highest BCUT2D eigenvalue weighted by Gasteiger charge is 2.28. The molecule has 0 saturated carbocycles. The molecule has 0 spiro atoms. The summed E-state index contributed by atoms with van der Waals surface area (Å²) in [7, 11) is 0. The van der Waals surface area contributed by atoms with Crippen LogP contribution in [0.15, 0.2) is 42.5 Å². The van der Waals surface area contributed by atoms with Crippen LogP contribution in [-0.2, 0) is 0 Å². The smallest absolute Gasteiger partial charge is 0.265 e. The van der Waals surface area contributed by atoms with E-state index >= 15 is 0 Å². The topological polar surface area (TPSA) is 53.5 Å². The fourth-order valence-electron chi connectivity index (χ4n) is 3.41. The number of nitrogens with zero attached hydrogens (tertiary/aromatic N) is 3. The number of thiazole rings is 1. The average Bonchev–Trinajstić information content (AvgIpc) is 3.16. The maximum atomic E-state index is 13.4. The first-order valence-corrected chi connectivity index (χ1v) is 10.8. The third kappa shape index (κ3) is 4.45. The third-order valence-electron chi connectivity index (χ3n) is 5.08. The van der Waals surface area contributed by atoms with Crippen molar-refractivity contribution >= 4 is 34.8 Å². The van der Waals surface area contributed by atoms with E-state index in [-0.39, 0.29) is 17.4 Å². The molecular weight excluding hydrogens is 444 g/mol. The molecule has 2 aromatic carbocycles. The van der Waals surface area contributed by atoms with E-state index in [0.29, 0.717) is 41.8 Å². The number of carbonyl (C=O) groups is 2. The van der Waals surface area contributed by atoms with Crippen molar-refractivity contribution < 1.29 is 18.4 Å². The Morgan fingerprint density at radius 1 is 0.968 bits per heavy atom. The lowest BCUT2D eigenvalue weighted by atomic mass is 10.1. The molecule has 2 amide bonds.